The Balaban J connectivity index is 1.74. The highest BCUT2D eigenvalue weighted by Gasteiger charge is 2.09. The van der Waals surface area contributed by atoms with Crippen LogP contribution in [0.25, 0.3) is 0 Å². The Morgan fingerprint density at radius 3 is 2.76 bits per heavy atom. The molecule has 0 aliphatic carbocycles. The Bertz CT molecular complexity index is 500. The van der Waals surface area contributed by atoms with E-state index in [2.05, 4.69) is 48.1 Å². The molecular weight excluding hydrogens is 262 g/mol. The van der Waals surface area contributed by atoms with Crippen LogP contribution in [0, 0.1) is 0 Å². The lowest BCUT2D eigenvalue weighted by molar-refractivity contribution is 0.420. The lowest BCUT2D eigenvalue weighted by Crippen LogP contribution is -2.26. The van der Waals surface area contributed by atoms with Crippen LogP contribution in [0.1, 0.15) is 57.5 Å². The second-order valence-corrected chi connectivity index (χ2v) is 5.66. The van der Waals surface area contributed by atoms with Gasteiger partial charge in [-0.25, -0.2) is 0 Å². The topological polar surface area (TPSA) is 43.0 Å². The first-order valence-corrected chi connectivity index (χ1v) is 8.02. The molecule has 2 heterocycles. The summed E-state index contributed by atoms with van der Waals surface area (Å²) >= 11 is 0. The van der Waals surface area contributed by atoms with Crippen molar-refractivity contribution in [2.24, 2.45) is 0 Å². The highest BCUT2D eigenvalue weighted by Crippen LogP contribution is 2.14. The number of aromatic nitrogens is 2. The molecule has 4 heteroatoms. The molecule has 0 radical (unpaired) electrons. The molecular formula is C17H27N3O. The van der Waals surface area contributed by atoms with Crippen LogP contribution in [0.4, 0.5) is 0 Å². The molecule has 4 nitrogen and oxygen atoms in total. The molecule has 2 rings (SSSR count). The quantitative estimate of drug-likeness (QED) is 0.760. The van der Waals surface area contributed by atoms with Crippen molar-refractivity contribution >= 4 is 0 Å². The Labute approximate surface area is 127 Å². The van der Waals surface area contributed by atoms with E-state index in [1.54, 1.807) is 6.26 Å². The van der Waals surface area contributed by atoms with Gasteiger partial charge >= 0.3 is 0 Å². The van der Waals surface area contributed by atoms with Gasteiger partial charge in [-0.2, -0.15) is 5.10 Å². The SMILES string of the molecule is CCC(CC)n1ccc(CNC(C)CCc2ccco2)n1. The number of hydrogen-bond donors (Lipinski definition) is 1. The fourth-order valence-corrected chi connectivity index (χ4v) is 2.53. The molecule has 0 saturated heterocycles. The molecule has 0 bridgehead atoms. The molecule has 0 aromatic carbocycles. The minimum Gasteiger partial charge on any atom is -0.469 e. The Kier molecular flexibility index (Phi) is 6.05. The van der Waals surface area contributed by atoms with Gasteiger partial charge in [-0.3, -0.25) is 4.68 Å². The van der Waals surface area contributed by atoms with Crippen molar-refractivity contribution in [2.75, 3.05) is 0 Å². The van der Waals surface area contributed by atoms with Crippen LogP contribution >= 0.6 is 0 Å². The largest absolute Gasteiger partial charge is 0.469 e. The van der Waals surface area contributed by atoms with Gasteiger partial charge in [0.25, 0.3) is 0 Å². The maximum Gasteiger partial charge on any atom is 0.103 e. The molecule has 0 fully saturated rings. The summed E-state index contributed by atoms with van der Waals surface area (Å²) in [5.74, 6) is 1.06. The zero-order valence-corrected chi connectivity index (χ0v) is 13.4. The molecule has 2 aromatic rings. The molecule has 1 atom stereocenters. The van der Waals surface area contributed by atoms with E-state index in [0.717, 1.165) is 43.7 Å². The van der Waals surface area contributed by atoms with E-state index in [1.807, 2.05) is 12.1 Å². The minimum absolute atomic E-state index is 0.452. The van der Waals surface area contributed by atoms with Gasteiger partial charge in [-0.1, -0.05) is 13.8 Å². The summed E-state index contributed by atoms with van der Waals surface area (Å²) < 4.78 is 7.46. The summed E-state index contributed by atoms with van der Waals surface area (Å²) in [6, 6.07) is 7.07. The second-order valence-electron chi connectivity index (χ2n) is 5.66. The summed E-state index contributed by atoms with van der Waals surface area (Å²) in [5.41, 5.74) is 1.12. The van der Waals surface area contributed by atoms with Crippen molar-refractivity contribution in [3.63, 3.8) is 0 Å². The van der Waals surface area contributed by atoms with Crippen molar-refractivity contribution in [2.45, 2.75) is 65.1 Å². The van der Waals surface area contributed by atoms with Crippen LogP contribution in [0.5, 0.6) is 0 Å². The standard InChI is InChI=1S/C17H27N3O/c1-4-16(5-2)20-11-10-15(19-20)13-18-14(3)8-9-17-7-6-12-21-17/h6-7,10-12,14,16,18H,4-5,8-9,13H2,1-3H3. The Hall–Kier alpha value is -1.55. The van der Waals surface area contributed by atoms with E-state index in [1.165, 1.54) is 0 Å². The normalized spacial score (nSPS) is 13.0. The number of nitrogens with zero attached hydrogens (tertiary/aromatic N) is 2. The van der Waals surface area contributed by atoms with Crippen LogP contribution in [0.15, 0.2) is 35.1 Å². The van der Waals surface area contributed by atoms with Crippen molar-refractivity contribution in [1.29, 1.82) is 0 Å². The van der Waals surface area contributed by atoms with Gasteiger partial charge in [-0.05, 0) is 44.4 Å². The lowest BCUT2D eigenvalue weighted by Gasteiger charge is -2.13. The number of aryl methyl sites for hydroxylation is 1. The molecule has 1 N–H and O–H groups in total. The molecule has 21 heavy (non-hydrogen) atoms. The van der Waals surface area contributed by atoms with E-state index in [-0.39, 0.29) is 0 Å². The van der Waals surface area contributed by atoms with Crippen LogP contribution in [0.3, 0.4) is 0 Å². The van der Waals surface area contributed by atoms with Crippen LogP contribution in [0.2, 0.25) is 0 Å². The van der Waals surface area contributed by atoms with Crippen LogP contribution in [-0.4, -0.2) is 15.8 Å². The zero-order valence-electron chi connectivity index (χ0n) is 13.4. The highest BCUT2D eigenvalue weighted by atomic mass is 16.3. The summed E-state index contributed by atoms with van der Waals surface area (Å²) in [6.45, 7) is 7.46. The van der Waals surface area contributed by atoms with Crippen LogP contribution < -0.4 is 5.32 Å². The molecule has 116 valence electrons. The van der Waals surface area contributed by atoms with E-state index in [9.17, 15) is 0 Å². The highest BCUT2D eigenvalue weighted by molar-refractivity contribution is 5.00. The summed E-state index contributed by atoms with van der Waals surface area (Å²) in [5, 5.41) is 8.20. The van der Waals surface area contributed by atoms with Gasteiger partial charge in [0.05, 0.1) is 18.0 Å². The lowest BCUT2D eigenvalue weighted by atomic mass is 10.1. The third kappa shape index (κ3) is 4.74. The van der Waals surface area contributed by atoms with Crippen molar-refractivity contribution in [3.05, 3.63) is 42.1 Å². The van der Waals surface area contributed by atoms with Gasteiger partial charge < -0.3 is 9.73 Å². The third-order valence-corrected chi connectivity index (χ3v) is 4.02. The number of nitrogens with one attached hydrogen (secondary N) is 1. The first-order chi connectivity index (χ1) is 10.2. The van der Waals surface area contributed by atoms with E-state index >= 15 is 0 Å². The smallest absolute Gasteiger partial charge is 0.103 e. The van der Waals surface area contributed by atoms with Crippen molar-refractivity contribution in [3.8, 4) is 0 Å². The van der Waals surface area contributed by atoms with Crippen molar-refractivity contribution < 1.29 is 4.42 Å². The molecule has 0 aliphatic rings. The average Bonchev–Trinajstić information content (AvgIpc) is 3.16. The van der Waals surface area contributed by atoms with E-state index < -0.39 is 0 Å². The number of rotatable bonds is 9. The predicted molar refractivity (Wildman–Crippen MR) is 85.2 cm³/mol. The molecule has 0 aliphatic heterocycles. The van der Waals surface area contributed by atoms with Gasteiger partial charge in [-0.15, -0.1) is 0 Å². The minimum atomic E-state index is 0.452. The summed E-state index contributed by atoms with van der Waals surface area (Å²) in [4.78, 5) is 0. The van der Waals surface area contributed by atoms with Crippen LogP contribution in [-0.2, 0) is 13.0 Å². The van der Waals surface area contributed by atoms with Crippen molar-refractivity contribution in [1.82, 2.24) is 15.1 Å². The van der Waals surface area contributed by atoms with E-state index in [0.29, 0.717) is 12.1 Å². The predicted octanol–water partition coefficient (Wildman–Crippen LogP) is 3.95. The molecule has 0 saturated carbocycles. The number of hydrogen-bond acceptors (Lipinski definition) is 3. The molecule has 0 amide bonds. The summed E-state index contributed by atoms with van der Waals surface area (Å²) in [7, 11) is 0. The molecule has 1 unspecified atom stereocenters. The molecule has 0 spiro atoms. The first-order valence-electron chi connectivity index (χ1n) is 8.02. The average molecular weight is 289 g/mol. The second kappa shape index (κ2) is 8.03. The third-order valence-electron chi connectivity index (χ3n) is 4.02. The van der Waals surface area contributed by atoms with Gasteiger partial charge in [0.2, 0.25) is 0 Å². The summed E-state index contributed by atoms with van der Waals surface area (Å²) in [6.07, 6.45) is 8.14. The Morgan fingerprint density at radius 2 is 2.10 bits per heavy atom. The molecule has 2 aromatic heterocycles. The first kappa shape index (κ1) is 15.8. The fraction of sp³-hybridized carbons (Fsp3) is 0.588. The van der Waals surface area contributed by atoms with E-state index in [4.69, 9.17) is 4.42 Å². The number of furan rings is 1. The fourth-order valence-electron chi connectivity index (χ4n) is 2.53. The Morgan fingerprint density at radius 1 is 1.29 bits per heavy atom. The zero-order chi connectivity index (χ0) is 15.1. The maximum absolute atomic E-state index is 5.36. The van der Waals surface area contributed by atoms with Gasteiger partial charge in [0.15, 0.2) is 0 Å². The monoisotopic (exact) mass is 289 g/mol. The van der Waals surface area contributed by atoms with Gasteiger partial charge in [0.1, 0.15) is 5.76 Å². The maximum atomic E-state index is 5.36. The van der Waals surface area contributed by atoms with Gasteiger partial charge in [0, 0.05) is 25.2 Å².